The number of halogens is 1. The highest BCUT2D eigenvalue weighted by Crippen LogP contribution is 2.47. The SMILES string of the molecule is O=C1NS(=O)(=O)[C@H]2C[C@H]2C/C=C/[C@H](O)[C@@H]2CC[C@H]2CN2C[C@@]3(CCCc4cc(Cl)ccc43)COc3ccc1cc32. The van der Waals surface area contributed by atoms with Crippen LogP contribution in [0.25, 0.3) is 0 Å². The second kappa shape index (κ2) is 9.78. The van der Waals surface area contributed by atoms with Gasteiger partial charge in [0.05, 0.1) is 23.6 Å². The number of carbonyl (C=O) groups excluding carboxylic acids is 1. The molecule has 5 aliphatic rings. The second-order valence-electron chi connectivity index (χ2n) is 12.5. The van der Waals surface area contributed by atoms with Crippen molar-refractivity contribution < 1.29 is 23.1 Å². The van der Waals surface area contributed by atoms with Gasteiger partial charge in [-0.15, -0.1) is 0 Å². The first-order valence-electron chi connectivity index (χ1n) is 14.4. The molecule has 7 rings (SSSR count). The number of nitrogens with zero attached hydrogens (tertiary/aromatic N) is 1. The van der Waals surface area contributed by atoms with Crippen molar-refractivity contribution in [3.05, 3.63) is 70.3 Å². The van der Waals surface area contributed by atoms with Crippen molar-refractivity contribution in [3.63, 3.8) is 0 Å². The van der Waals surface area contributed by atoms with Crippen molar-refractivity contribution in [3.8, 4) is 5.75 Å². The fourth-order valence-corrected chi connectivity index (χ4v) is 9.30. The van der Waals surface area contributed by atoms with Crippen LogP contribution in [0.15, 0.2) is 48.6 Å². The molecule has 2 N–H and O–H groups in total. The molecule has 0 aromatic heterocycles. The Kier molecular flexibility index (Phi) is 6.44. The number of benzene rings is 2. The number of aliphatic hydroxyl groups excluding tert-OH is 1. The number of fused-ring (bicyclic) bond motifs is 5. The van der Waals surface area contributed by atoms with Gasteiger partial charge in [0.15, 0.2) is 0 Å². The third-order valence-electron chi connectivity index (χ3n) is 9.93. The molecule has 212 valence electrons. The summed E-state index contributed by atoms with van der Waals surface area (Å²) in [6, 6.07) is 11.4. The summed E-state index contributed by atoms with van der Waals surface area (Å²) in [5, 5.41) is 11.2. The molecule has 7 nitrogen and oxygen atoms in total. The van der Waals surface area contributed by atoms with Crippen LogP contribution in [0.4, 0.5) is 5.69 Å². The molecular weight excluding hydrogens is 548 g/mol. The minimum atomic E-state index is -3.79. The molecule has 0 radical (unpaired) electrons. The van der Waals surface area contributed by atoms with Crippen LogP contribution in [-0.2, 0) is 21.9 Å². The number of hydrogen-bond acceptors (Lipinski definition) is 6. The lowest BCUT2D eigenvalue weighted by Crippen LogP contribution is -2.49. The lowest BCUT2D eigenvalue weighted by Gasteiger charge is -2.45. The Morgan fingerprint density at radius 2 is 2.00 bits per heavy atom. The minimum absolute atomic E-state index is 0.0285. The number of hydrogen-bond donors (Lipinski definition) is 2. The van der Waals surface area contributed by atoms with Crippen molar-refractivity contribution in [2.24, 2.45) is 17.8 Å². The highest BCUT2D eigenvalue weighted by Gasteiger charge is 2.48. The quantitative estimate of drug-likeness (QED) is 0.441. The van der Waals surface area contributed by atoms with Crippen molar-refractivity contribution in [2.45, 2.75) is 61.7 Å². The normalized spacial score (nSPS) is 35.1. The van der Waals surface area contributed by atoms with E-state index in [1.54, 1.807) is 18.2 Å². The lowest BCUT2D eigenvalue weighted by molar-refractivity contribution is 0.0456. The van der Waals surface area contributed by atoms with Crippen LogP contribution in [0.1, 0.15) is 60.0 Å². The maximum Gasteiger partial charge on any atom is 0.264 e. The molecule has 2 aromatic rings. The Morgan fingerprint density at radius 1 is 1.12 bits per heavy atom. The number of aryl methyl sites for hydroxylation is 1. The average Bonchev–Trinajstić information content (AvgIpc) is 3.70. The van der Waals surface area contributed by atoms with Crippen molar-refractivity contribution in [2.75, 3.05) is 24.6 Å². The molecule has 1 amide bonds. The number of sulfonamides is 1. The summed E-state index contributed by atoms with van der Waals surface area (Å²) in [5.74, 6) is 0.506. The summed E-state index contributed by atoms with van der Waals surface area (Å²) < 4.78 is 34.7. The first-order chi connectivity index (χ1) is 19.2. The Labute approximate surface area is 240 Å². The van der Waals surface area contributed by atoms with Gasteiger partial charge in [-0.1, -0.05) is 29.8 Å². The maximum absolute atomic E-state index is 13.2. The van der Waals surface area contributed by atoms with Gasteiger partial charge in [0.2, 0.25) is 10.0 Å². The molecule has 2 bridgehead atoms. The third kappa shape index (κ3) is 4.62. The van der Waals surface area contributed by atoms with E-state index in [0.717, 1.165) is 49.4 Å². The molecule has 2 aromatic carbocycles. The van der Waals surface area contributed by atoms with Crippen molar-refractivity contribution in [1.82, 2.24) is 4.72 Å². The third-order valence-corrected chi connectivity index (χ3v) is 12.0. The molecule has 2 fully saturated rings. The number of rotatable bonds is 0. The largest absolute Gasteiger partial charge is 0.490 e. The Bertz CT molecular complexity index is 1490. The van der Waals surface area contributed by atoms with Crippen LogP contribution in [0.2, 0.25) is 5.02 Å². The van der Waals surface area contributed by atoms with Crippen LogP contribution in [0, 0.1) is 17.8 Å². The van der Waals surface area contributed by atoms with Crippen LogP contribution < -0.4 is 14.4 Å². The predicted molar refractivity (Wildman–Crippen MR) is 154 cm³/mol. The number of allylic oxidation sites excluding steroid dienone is 1. The van der Waals surface area contributed by atoms with E-state index < -0.39 is 27.3 Å². The first kappa shape index (κ1) is 26.4. The number of nitrogens with one attached hydrogen (secondary N) is 1. The fraction of sp³-hybridized carbons (Fsp3) is 0.516. The van der Waals surface area contributed by atoms with Gasteiger partial charge in [-0.05, 0) is 104 Å². The molecule has 0 unspecified atom stereocenters. The topological polar surface area (TPSA) is 95.9 Å². The van der Waals surface area contributed by atoms with Crippen LogP contribution >= 0.6 is 11.6 Å². The van der Waals surface area contributed by atoms with Crippen molar-refractivity contribution in [1.29, 1.82) is 0 Å². The summed E-state index contributed by atoms with van der Waals surface area (Å²) in [6.45, 7) is 1.94. The summed E-state index contributed by atoms with van der Waals surface area (Å²) >= 11 is 6.37. The van der Waals surface area contributed by atoms with E-state index in [4.69, 9.17) is 16.3 Å². The summed E-state index contributed by atoms with van der Waals surface area (Å²) in [6.07, 6.45) is 9.31. The van der Waals surface area contributed by atoms with Gasteiger partial charge < -0.3 is 14.7 Å². The zero-order chi connectivity index (χ0) is 27.6. The van der Waals surface area contributed by atoms with Gasteiger partial charge in [0, 0.05) is 29.1 Å². The van der Waals surface area contributed by atoms with Gasteiger partial charge in [0.25, 0.3) is 5.91 Å². The van der Waals surface area contributed by atoms with Crippen LogP contribution in [-0.4, -0.2) is 50.5 Å². The highest BCUT2D eigenvalue weighted by atomic mass is 35.5. The van der Waals surface area contributed by atoms with Gasteiger partial charge in [-0.2, -0.15) is 0 Å². The van der Waals surface area contributed by atoms with E-state index in [-0.39, 0.29) is 17.3 Å². The molecule has 2 aliphatic heterocycles. The molecule has 0 saturated heterocycles. The van der Waals surface area contributed by atoms with Gasteiger partial charge >= 0.3 is 0 Å². The molecule has 6 atom stereocenters. The second-order valence-corrected chi connectivity index (χ2v) is 14.8. The van der Waals surface area contributed by atoms with E-state index in [0.29, 0.717) is 43.2 Å². The van der Waals surface area contributed by atoms with Gasteiger partial charge in [-0.3, -0.25) is 4.79 Å². The standard InChI is InChI=1S/C31H35ClN2O5S/c32-23-8-10-25-19(13-23)4-2-12-31(25)17-34-16-22-6-9-24(22)27(35)5-1-3-20-15-29(20)40(37,38)33-30(36)21-7-11-28(39-18-31)26(34)14-21/h1,5,7-8,10-11,13-14,20,22,24,27,29,35H,2-4,6,9,12,15-18H2,(H,33,36)/b5-1+/t20-,22+,24-,27+,29+,31+/m1/s1. The van der Waals surface area contributed by atoms with E-state index in [1.807, 2.05) is 18.2 Å². The first-order valence-corrected chi connectivity index (χ1v) is 16.4. The molecular formula is C31H35ClN2O5S. The monoisotopic (exact) mass is 582 g/mol. The Morgan fingerprint density at radius 3 is 2.83 bits per heavy atom. The zero-order valence-corrected chi connectivity index (χ0v) is 24.0. The number of carbonyl (C=O) groups is 1. The number of aliphatic hydroxyl groups is 1. The summed E-state index contributed by atoms with van der Waals surface area (Å²) in [4.78, 5) is 15.5. The molecule has 3 aliphatic carbocycles. The van der Waals surface area contributed by atoms with E-state index in [1.165, 1.54) is 11.1 Å². The minimum Gasteiger partial charge on any atom is -0.490 e. The van der Waals surface area contributed by atoms with Gasteiger partial charge in [0.1, 0.15) is 5.75 Å². The number of amides is 1. The summed E-state index contributed by atoms with van der Waals surface area (Å²) in [5.41, 5.74) is 3.38. The molecule has 40 heavy (non-hydrogen) atoms. The average molecular weight is 583 g/mol. The zero-order valence-electron chi connectivity index (χ0n) is 22.4. The number of anilines is 1. The molecule has 1 spiro atoms. The predicted octanol–water partition coefficient (Wildman–Crippen LogP) is 4.61. The maximum atomic E-state index is 13.2. The molecule has 2 heterocycles. The Balaban J connectivity index is 1.29. The fourth-order valence-electron chi connectivity index (χ4n) is 7.46. The van der Waals surface area contributed by atoms with E-state index in [9.17, 15) is 18.3 Å². The number of ether oxygens (including phenoxy) is 1. The van der Waals surface area contributed by atoms with Gasteiger partial charge in [-0.25, -0.2) is 13.1 Å². The summed E-state index contributed by atoms with van der Waals surface area (Å²) in [7, 11) is -3.79. The van der Waals surface area contributed by atoms with E-state index in [2.05, 4.69) is 21.8 Å². The lowest BCUT2D eigenvalue weighted by atomic mass is 9.68. The van der Waals surface area contributed by atoms with Crippen LogP contribution in [0.3, 0.4) is 0 Å². The highest BCUT2D eigenvalue weighted by molar-refractivity contribution is 7.91. The van der Waals surface area contributed by atoms with Crippen molar-refractivity contribution >= 4 is 33.2 Å². The smallest absolute Gasteiger partial charge is 0.264 e. The molecule has 2 saturated carbocycles. The molecule has 9 heteroatoms. The van der Waals surface area contributed by atoms with Crippen LogP contribution in [0.5, 0.6) is 5.75 Å². The Hall–Kier alpha value is -2.55. The van der Waals surface area contributed by atoms with E-state index >= 15 is 0 Å².